The number of carbonyl (C=O) groups is 1. The van der Waals surface area contributed by atoms with Crippen LogP contribution in [0.4, 0.5) is 10.5 Å². The Bertz CT molecular complexity index is 604. The summed E-state index contributed by atoms with van der Waals surface area (Å²) in [5.74, 6) is 0. The van der Waals surface area contributed by atoms with E-state index >= 15 is 0 Å². The van der Waals surface area contributed by atoms with Crippen LogP contribution in [0.1, 0.15) is 12.8 Å². The van der Waals surface area contributed by atoms with Gasteiger partial charge in [-0.15, -0.1) is 0 Å². The topological polar surface area (TPSA) is 63.2 Å². The summed E-state index contributed by atoms with van der Waals surface area (Å²) in [7, 11) is 0. The van der Waals surface area contributed by atoms with Crippen LogP contribution in [0.5, 0.6) is 0 Å². The molecule has 2 aromatic rings. The lowest BCUT2D eigenvalue weighted by Crippen LogP contribution is -2.35. The van der Waals surface area contributed by atoms with E-state index in [1.165, 1.54) is 0 Å². The van der Waals surface area contributed by atoms with Gasteiger partial charge in [0.15, 0.2) is 0 Å². The van der Waals surface area contributed by atoms with E-state index in [0.717, 1.165) is 30.4 Å². The van der Waals surface area contributed by atoms with E-state index < -0.39 is 0 Å². The Morgan fingerprint density at radius 1 is 1.35 bits per heavy atom. The van der Waals surface area contributed by atoms with Crippen molar-refractivity contribution in [3.63, 3.8) is 0 Å². The Hall–Kier alpha value is -2.14. The molecule has 1 aromatic carbocycles. The fourth-order valence-electron chi connectivity index (χ4n) is 2.38. The molecule has 20 heavy (non-hydrogen) atoms. The predicted molar refractivity (Wildman–Crippen MR) is 77.7 cm³/mol. The molecule has 1 aliphatic heterocycles. The lowest BCUT2D eigenvalue weighted by atomic mass is 10.2. The van der Waals surface area contributed by atoms with Gasteiger partial charge in [0.2, 0.25) is 0 Å². The Morgan fingerprint density at radius 3 is 3.10 bits per heavy atom. The van der Waals surface area contributed by atoms with Crippen LogP contribution in [0.15, 0.2) is 36.5 Å². The Balaban J connectivity index is 1.65. The van der Waals surface area contributed by atoms with Crippen molar-refractivity contribution < 1.29 is 9.53 Å². The number of nitrogens with zero attached hydrogens (tertiary/aromatic N) is 1. The standard InChI is InChI=1S/C15H17N3O2/c19-15(17-10-12-6-3-9-20-12)18-13-7-1-4-11-5-2-8-16-14(11)13/h1-2,4-5,7-8,12H,3,6,9-10H2,(H2,17,18,19). The fraction of sp³-hybridized carbons (Fsp3) is 0.333. The van der Waals surface area contributed by atoms with Crippen molar-refractivity contribution in [2.45, 2.75) is 18.9 Å². The van der Waals surface area contributed by atoms with E-state index in [-0.39, 0.29) is 12.1 Å². The quantitative estimate of drug-likeness (QED) is 0.901. The highest BCUT2D eigenvalue weighted by atomic mass is 16.5. The summed E-state index contributed by atoms with van der Waals surface area (Å²) in [5, 5.41) is 6.68. The van der Waals surface area contributed by atoms with Crippen molar-refractivity contribution >= 4 is 22.6 Å². The number of fused-ring (bicyclic) bond motifs is 1. The number of aromatic nitrogens is 1. The summed E-state index contributed by atoms with van der Waals surface area (Å²) in [6, 6.07) is 9.35. The molecule has 1 aromatic heterocycles. The second kappa shape index (κ2) is 5.88. The zero-order valence-corrected chi connectivity index (χ0v) is 11.1. The molecule has 2 amide bonds. The molecule has 1 saturated heterocycles. The third-order valence-corrected chi connectivity index (χ3v) is 3.40. The Kier molecular flexibility index (Phi) is 3.78. The van der Waals surface area contributed by atoms with Gasteiger partial charge in [-0.25, -0.2) is 4.79 Å². The van der Waals surface area contributed by atoms with Crippen LogP contribution in [0.3, 0.4) is 0 Å². The number of hydrogen-bond acceptors (Lipinski definition) is 3. The van der Waals surface area contributed by atoms with Crippen LogP contribution in [0.25, 0.3) is 10.9 Å². The number of nitrogens with one attached hydrogen (secondary N) is 2. The van der Waals surface area contributed by atoms with Crippen LogP contribution in [-0.2, 0) is 4.74 Å². The number of para-hydroxylation sites is 1. The maximum Gasteiger partial charge on any atom is 0.319 e. The van der Waals surface area contributed by atoms with E-state index in [0.29, 0.717) is 12.2 Å². The minimum atomic E-state index is -0.223. The Morgan fingerprint density at radius 2 is 2.25 bits per heavy atom. The van der Waals surface area contributed by atoms with Gasteiger partial charge in [-0.2, -0.15) is 0 Å². The average Bonchev–Trinajstić information content (AvgIpc) is 2.99. The van der Waals surface area contributed by atoms with E-state index in [1.54, 1.807) is 6.20 Å². The SMILES string of the molecule is O=C(NCC1CCCO1)Nc1cccc2cccnc12. The molecule has 1 aliphatic rings. The molecule has 0 bridgehead atoms. The molecule has 5 nitrogen and oxygen atoms in total. The zero-order chi connectivity index (χ0) is 13.8. The summed E-state index contributed by atoms with van der Waals surface area (Å²) in [5.41, 5.74) is 1.51. The first-order valence-corrected chi connectivity index (χ1v) is 6.83. The first-order chi connectivity index (χ1) is 9.83. The first-order valence-electron chi connectivity index (χ1n) is 6.83. The largest absolute Gasteiger partial charge is 0.376 e. The second-order valence-electron chi connectivity index (χ2n) is 4.85. The second-order valence-corrected chi connectivity index (χ2v) is 4.85. The number of pyridine rings is 1. The summed E-state index contributed by atoms with van der Waals surface area (Å²) in [6.07, 6.45) is 3.95. The molecule has 3 rings (SSSR count). The highest BCUT2D eigenvalue weighted by Gasteiger charge is 2.16. The molecule has 5 heteroatoms. The van der Waals surface area contributed by atoms with Gasteiger partial charge in [0.25, 0.3) is 0 Å². The van der Waals surface area contributed by atoms with Gasteiger partial charge in [0.05, 0.1) is 17.3 Å². The molecule has 2 N–H and O–H groups in total. The maximum absolute atomic E-state index is 11.9. The minimum Gasteiger partial charge on any atom is -0.376 e. The number of carbonyl (C=O) groups excluding carboxylic acids is 1. The summed E-state index contributed by atoms with van der Waals surface area (Å²) in [4.78, 5) is 16.2. The van der Waals surface area contributed by atoms with Gasteiger partial charge < -0.3 is 15.4 Å². The number of benzene rings is 1. The Labute approximate surface area is 117 Å². The summed E-state index contributed by atoms with van der Waals surface area (Å²) in [6.45, 7) is 1.34. The van der Waals surface area contributed by atoms with Crippen LogP contribution >= 0.6 is 0 Å². The van der Waals surface area contributed by atoms with E-state index in [4.69, 9.17) is 4.74 Å². The van der Waals surface area contributed by atoms with Crippen molar-refractivity contribution in [2.75, 3.05) is 18.5 Å². The number of anilines is 1. The number of ether oxygens (including phenoxy) is 1. The molecule has 0 saturated carbocycles. The molecule has 0 aliphatic carbocycles. The highest BCUT2D eigenvalue weighted by Crippen LogP contribution is 2.20. The summed E-state index contributed by atoms with van der Waals surface area (Å²) < 4.78 is 5.47. The van der Waals surface area contributed by atoms with Crippen molar-refractivity contribution in [3.8, 4) is 0 Å². The molecule has 1 atom stereocenters. The molecule has 0 spiro atoms. The normalized spacial score (nSPS) is 18.1. The van der Waals surface area contributed by atoms with E-state index in [1.807, 2.05) is 30.3 Å². The lowest BCUT2D eigenvalue weighted by Gasteiger charge is -2.12. The number of urea groups is 1. The lowest BCUT2D eigenvalue weighted by molar-refractivity contribution is 0.112. The van der Waals surface area contributed by atoms with E-state index in [2.05, 4.69) is 15.6 Å². The predicted octanol–water partition coefficient (Wildman–Crippen LogP) is 2.54. The van der Waals surface area contributed by atoms with Crippen LogP contribution in [0, 0.1) is 0 Å². The molecule has 1 fully saturated rings. The van der Waals surface area contributed by atoms with Crippen molar-refractivity contribution in [2.24, 2.45) is 0 Å². The first kappa shape index (κ1) is 12.9. The highest BCUT2D eigenvalue weighted by molar-refractivity contribution is 5.99. The molecule has 104 valence electrons. The number of hydrogen-bond donors (Lipinski definition) is 2. The fourth-order valence-corrected chi connectivity index (χ4v) is 2.38. The monoisotopic (exact) mass is 271 g/mol. The van der Waals surface area contributed by atoms with Gasteiger partial charge in [0, 0.05) is 24.7 Å². The van der Waals surface area contributed by atoms with Crippen molar-refractivity contribution in [3.05, 3.63) is 36.5 Å². The van der Waals surface area contributed by atoms with Gasteiger partial charge in [-0.1, -0.05) is 18.2 Å². The molecule has 1 unspecified atom stereocenters. The van der Waals surface area contributed by atoms with E-state index in [9.17, 15) is 4.79 Å². The number of amides is 2. The van der Waals surface area contributed by atoms with Crippen molar-refractivity contribution in [1.82, 2.24) is 10.3 Å². The summed E-state index contributed by atoms with van der Waals surface area (Å²) >= 11 is 0. The third-order valence-electron chi connectivity index (χ3n) is 3.40. The molecule has 0 radical (unpaired) electrons. The third kappa shape index (κ3) is 2.88. The van der Waals surface area contributed by atoms with Crippen LogP contribution < -0.4 is 10.6 Å². The average molecular weight is 271 g/mol. The molecule has 2 heterocycles. The van der Waals surface area contributed by atoms with Gasteiger partial charge in [-0.3, -0.25) is 4.98 Å². The molecular weight excluding hydrogens is 254 g/mol. The minimum absolute atomic E-state index is 0.145. The maximum atomic E-state index is 11.9. The number of rotatable bonds is 3. The van der Waals surface area contributed by atoms with Gasteiger partial charge in [-0.05, 0) is 25.0 Å². The zero-order valence-electron chi connectivity index (χ0n) is 11.1. The van der Waals surface area contributed by atoms with Crippen LogP contribution in [0.2, 0.25) is 0 Å². The molecular formula is C15H17N3O2. The van der Waals surface area contributed by atoms with Gasteiger partial charge >= 0.3 is 6.03 Å². The van der Waals surface area contributed by atoms with Crippen molar-refractivity contribution in [1.29, 1.82) is 0 Å². The van der Waals surface area contributed by atoms with Crippen LogP contribution in [-0.4, -0.2) is 30.3 Å². The van der Waals surface area contributed by atoms with Gasteiger partial charge in [0.1, 0.15) is 0 Å². The smallest absolute Gasteiger partial charge is 0.319 e.